The molecule has 0 unspecified atom stereocenters. The van der Waals surface area contributed by atoms with Crippen molar-refractivity contribution in [2.45, 2.75) is 26.7 Å². The number of hydrogen-bond donors (Lipinski definition) is 0. The monoisotopic (exact) mass is 595 g/mol. The Morgan fingerprint density at radius 2 is 1.62 bits per heavy atom. The van der Waals surface area contributed by atoms with Gasteiger partial charge in [-0.15, -0.1) is 0 Å². The number of benzene rings is 3. The van der Waals surface area contributed by atoms with Gasteiger partial charge in [0.25, 0.3) is 5.69 Å². The first-order valence-corrected chi connectivity index (χ1v) is 14.8. The Kier molecular flexibility index (Phi) is 8.00. The minimum Gasteiger partial charge on any atom is -0.402 e. The number of non-ortho nitro benzene ring substituents is 1. The number of fused-ring (bicyclic) bond motifs is 3. The van der Waals surface area contributed by atoms with Gasteiger partial charge in [-0.2, -0.15) is 0 Å². The fourth-order valence-electron chi connectivity index (χ4n) is 5.94. The van der Waals surface area contributed by atoms with E-state index in [1.807, 2.05) is 18.2 Å². The molecular weight excluding hydrogens is 562 g/mol. The highest BCUT2D eigenvalue weighted by atomic mass is 16.6. The van der Waals surface area contributed by atoms with Gasteiger partial charge in [-0.05, 0) is 71.4 Å². The number of rotatable bonds is 7. The fourth-order valence-corrected chi connectivity index (χ4v) is 5.94. The molecule has 0 spiro atoms. The lowest BCUT2D eigenvalue weighted by Crippen LogP contribution is -2.16. The number of hydrogen-bond acceptors (Lipinski definition) is 5. The molecule has 6 rings (SSSR count). The number of carbonyl (C=O) groups excluding carboxylic acids is 1. The van der Waals surface area contributed by atoms with Crippen LogP contribution in [-0.4, -0.2) is 21.4 Å². The van der Waals surface area contributed by atoms with Crippen LogP contribution < -0.4 is 0 Å². The Balaban J connectivity index is 1.13. The van der Waals surface area contributed by atoms with Crippen molar-refractivity contribution in [2.24, 2.45) is 17.5 Å². The van der Waals surface area contributed by atoms with E-state index in [1.165, 1.54) is 62.8 Å². The standard InChI is InChI=1S/C38H33N3O4/c1-38(2)24-27(10-6-4-5-7-12-33-37(42)45-36(39-33)29-17-19-30(20-18-29)41(43)44)22-28(25-38)15-14-26-16-21-35-32(23-26)31-11-8-9-13-34(31)40(35)3/h4-23H,24-25H2,1-3H3/b6-4+,7-5+,15-14+,27-10-,33-12+. The summed E-state index contributed by atoms with van der Waals surface area (Å²) >= 11 is 0. The molecule has 0 saturated carbocycles. The second-order valence-electron chi connectivity index (χ2n) is 12.1. The summed E-state index contributed by atoms with van der Waals surface area (Å²) < 4.78 is 7.48. The number of allylic oxidation sites excluding steroid dienone is 10. The highest BCUT2D eigenvalue weighted by Gasteiger charge is 2.25. The minimum atomic E-state index is -0.564. The van der Waals surface area contributed by atoms with Gasteiger partial charge in [0.15, 0.2) is 5.70 Å². The zero-order chi connectivity index (χ0) is 31.6. The Bertz CT molecular complexity index is 2050. The van der Waals surface area contributed by atoms with Crippen molar-refractivity contribution in [1.82, 2.24) is 4.57 Å². The molecule has 0 saturated heterocycles. The molecule has 1 aromatic heterocycles. The average Bonchev–Trinajstić information content (AvgIpc) is 3.53. The van der Waals surface area contributed by atoms with E-state index in [2.05, 4.69) is 97.2 Å². The molecule has 2 aliphatic rings. The molecule has 0 fully saturated rings. The summed E-state index contributed by atoms with van der Waals surface area (Å²) in [6.45, 7) is 4.59. The third-order valence-electron chi connectivity index (χ3n) is 8.01. The van der Waals surface area contributed by atoms with Crippen LogP contribution in [0.3, 0.4) is 0 Å². The van der Waals surface area contributed by atoms with E-state index in [9.17, 15) is 14.9 Å². The van der Waals surface area contributed by atoms with Gasteiger partial charge in [0, 0.05) is 46.5 Å². The molecule has 0 N–H and O–H groups in total. The lowest BCUT2D eigenvalue weighted by atomic mass is 9.75. The van der Waals surface area contributed by atoms with Crippen molar-refractivity contribution in [3.8, 4) is 0 Å². The molecule has 1 aliphatic heterocycles. The second kappa shape index (κ2) is 12.2. The number of para-hydroxylation sites is 1. The Labute approximate surface area is 261 Å². The van der Waals surface area contributed by atoms with E-state index in [4.69, 9.17) is 4.74 Å². The molecule has 0 radical (unpaired) electrons. The Morgan fingerprint density at radius 1 is 0.889 bits per heavy atom. The molecule has 7 heteroatoms. The zero-order valence-corrected chi connectivity index (χ0v) is 25.4. The van der Waals surface area contributed by atoms with Gasteiger partial charge in [-0.25, -0.2) is 9.79 Å². The summed E-state index contributed by atoms with van der Waals surface area (Å²) in [5, 5.41) is 13.4. The number of nitro benzene ring substituents is 1. The maximum absolute atomic E-state index is 12.2. The van der Waals surface area contributed by atoms with Gasteiger partial charge in [-0.1, -0.05) is 86.7 Å². The summed E-state index contributed by atoms with van der Waals surface area (Å²) in [6.07, 6.45) is 19.9. The van der Waals surface area contributed by atoms with Gasteiger partial charge >= 0.3 is 5.97 Å². The first-order valence-electron chi connectivity index (χ1n) is 14.8. The summed E-state index contributed by atoms with van der Waals surface area (Å²) in [7, 11) is 2.12. The number of nitrogens with zero attached hydrogens (tertiary/aromatic N) is 3. The molecule has 45 heavy (non-hydrogen) atoms. The van der Waals surface area contributed by atoms with Crippen LogP contribution in [0.25, 0.3) is 27.9 Å². The van der Waals surface area contributed by atoms with Crippen LogP contribution in [0.2, 0.25) is 0 Å². The molecule has 7 nitrogen and oxygen atoms in total. The van der Waals surface area contributed by atoms with Crippen molar-refractivity contribution >= 4 is 45.4 Å². The van der Waals surface area contributed by atoms with Crippen molar-refractivity contribution in [2.75, 3.05) is 0 Å². The van der Waals surface area contributed by atoms with E-state index in [0.29, 0.717) is 5.56 Å². The number of ether oxygens (including phenoxy) is 1. The molecular formula is C38H33N3O4. The maximum Gasteiger partial charge on any atom is 0.363 e. The molecule has 0 amide bonds. The molecule has 3 aromatic carbocycles. The van der Waals surface area contributed by atoms with Gasteiger partial charge in [-0.3, -0.25) is 10.1 Å². The number of aryl methyl sites for hydroxylation is 1. The van der Waals surface area contributed by atoms with Crippen molar-refractivity contribution < 1.29 is 14.5 Å². The van der Waals surface area contributed by atoms with Crippen LogP contribution in [0.1, 0.15) is 37.8 Å². The summed E-state index contributed by atoms with van der Waals surface area (Å²) in [4.78, 5) is 26.8. The number of cyclic esters (lactones) is 1. The van der Waals surface area contributed by atoms with Crippen molar-refractivity contribution in [3.63, 3.8) is 0 Å². The Morgan fingerprint density at radius 3 is 2.40 bits per heavy atom. The van der Waals surface area contributed by atoms with Crippen LogP contribution in [0, 0.1) is 15.5 Å². The number of carbonyl (C=O) groups is 1. The quantitative estimate of drug-likeness (QED) is 0.0702. The predicted molar refractivity (Wildman–Crippen MR) is 181 cm³/mol. The van der Waals surface area contributed by atoms with Crippen molar-refractivity contribution in [1.29, 1.82) is 0 Å². The predicted octanol–water partition coefficient (Wildman–Crippen LogP) is 8.93. The summed E-state index contributed by atoms with van der Waals surface area (Å²) in [5.41, 5.74) is 6.98. The molecule has 0 atom stereocenters. The summed E-state index contributed by atoms with van der Waals surface area (Å²) in [6, 6.07) is 20.9. The topological polar surface area (TPSA) is 86.7 Å². The number of nitro groups is 1. The molecule has 0 bridgehead atoms. The highest BCUT2D eigenvalue weighted by Crippen LogP contribution is 2.39. The second-order valence-corrected chi connectivity index (χ2v) is 12.1. The van der Waals surface area contributed by atoms with Gasteiger partial charge in [0.2, 0.25) is 5.90 Å². The molecule has 1 aliphatic carbocycles. The van der Waals surface area contributed by atoms with Crippen molar-refractivity contribution in [3.05, 3.63) is 153 Å². The minimum absolute atomic E-state index is 0.0426. The zero-order valence-electron chi connectivity index (χ0n) is 25.4. The van der Waals surface area contributed by atoms with Gasteiger partial charge < -0.3 is 9.30 Å². The third kappa shape index (κ3) is 6.53. The first-order chi connectivity index (χ1) is 21.7. The maximum atomic E-state index is 12.2. The molecule has 224 valence electrons. The summed E-state index contributed by atoms with van der Waals surface area (Å²) in [5.74, 6) is -0.438. The van der Waals surface area contributed by atoms with E-state index >= 15 is 0 Å². The SMILES string of the molecule is Cn1c2ccccc2c2cc(/C=C/C3=CC(=C/C=C/C=C/C=C4/N=C(c5ccc([N+](=O)[O-])cc5)OC4=O)/CC(C)(C)C3)ccc21. The Hall–Kier alpha value is -5.56. The van der Waals surface area contributed by atoms with E-state index in [1.54, 1.807) is 12.2 Å². The lowest BCUT2D eigenvalue weighted by molar-refractivity contribution is -0.384. The van der Waals surface area contributed by atoms with E-state index < -0.39 is 10.9 Å². The fraction of sp³-hybridized carbons (Fsp3) is 0.158. The van der Waals surface area contributed by atoms with Crippen LogP contribution in [0.5, 0.6) is 0 Å². The average molecular weight is 596 g/mol. The van der Waals surface area contributed by atoms with Crippen LogP contribution in [-0.2, 0) is 16.6 Å². The third-order valence-corrected chi connectivity index (χ3v) is 8.01. The normalized spacial score (nSPS) is 18.6. The van der Waals surface area contributed by atoms with Crippen LogP contribution in [0.15, 0.2) is 137 Å². The lowest BCUT2D eigenvalue weighted by Gasteiger charge is -2.30. The van der Waals surface area contributed by atoms with Gasteiger partial charge in [0.1, 0.15) is 0 Å². The van der Waals surface area contributed by atoms with E-state index in [-0.39, 0.29) is 22.7 Å². The smallest absolute Gasteiger partial charge is 0.363 e. The highest BCUT2D eigenvalue weighted by molar-refractivity contribution is 6.11. The largest absolute Gasteiger partial charge is 0.402 e. The van der Waals surface area contributed by atoms with Crippen LogP contribution in [0.4, 0.5) is 5.69 Å². The number of aliphatic imine (C=N–C) groups is 1. The first kappa shape index (κ1) is 29.5. The molecule has 4 aromatic rings. The number of aromatic nitrogens is 1. The van der Waals surface area contributed by atoms with Crippen LogP contribution >= 0.6 is 0 Å². The number of esters is 1. The van der Waals surface area contributed by atoms with Gasteiger partial charge in [0.05, 0.1) is 4.92 Å². The van der Waals surface area contributed by atoms with E-state index in [0.717, 1.165) is 12.8 Å². The molecule has 2 heterocycles.